The first-order chi connectivity index (χ1) is 14.3. The largest absolute Gasteiger partial charge is 0.478 e. The van der Waals surface area contributed by atoms with E-state index < -0.39 is 16.0 Å². The molecule has 0 saturated carbocycles. The molecule has 2 aliphatic heterocycles. The van der Waals surface area contributed by atoms with Crippen molar-refractivity contribution in [3.8, 4) is 0 Å². The number of aromatic carboxylic acids is 1. The highest BCUT2D eigenvalue weighted by Gasteiger charge is 2.46. The van der Waals surface area contributed by atoms with Crippen LogP contribution in [-0.4, -0.2) is 60.3 Å². The number of halogens is 1. The van der Waals surface area contributed by atoms with Crippen LogP contribution in [0.2, 0.25) is 5.02 Å². The van der Waals surface area contributed by atoms with Crippen molar-refractivity contribution >= 4 is 33.5 Å². The van der Waals surface area contributed by atoms with Crippen LogP contribution in [0.25, 0.3) is 0 Å². The molecule has 2 aromatic rings. The lowest BCUT2D eigenvalue weighted by molar-refractivity contribution is -0.131. The lowest BCUT2D eigenvalue weighted by Gasteiger charge is -2.25. The van der Waals surface area contributed by atoms with Crippen LogP contribution in [0.3, 0.4) is 0 Å². The molecule has 158 valence electrons. The molecule has 30 heavy (non-hydrogen) atoms. The predicted molar refractivity (Wildman–Crippen MR) is 111 cm³/mol. The van der Waals surface area contributed by atoms with Crippen LogP contribution in [0.4, 0.5) is 0 Å². The summed E-state index contributed by atoms with van der Waals surface area (Å²) in [6.07, 6.45) is 0.940. The van der Waals surface area contributed by atoms with E-state index in [4.69, 9.17) is 16.7 Å². The van der Waals surface area contributed by atoms with Gasteiger partial charge < -0.3 is 10.0 Å². The van der Waals surface area contributed by atoms with Gasteiger partial charge in [0, 0.05) is 30.7 Å². The first-order valence-corrected chi connectivity index (χ1v) is 11.5. The number of carbonyl (C=O) groups is 2. The lowest BCUT2D eigenvalue weighted by atomic mass is 10.0. The Kier molecular flexibility index (Phi) is 5.57. The minimum Gasteiger partial charge on any atom is -0.478 e. The summed E-state index contributed by atoms with van der Waals surface area (Å²) in [7, 11) is -3.76. The van der Waals surface area contributed by atoms with Crippen molar-refractivity contribution in [3.05, 3.63) is 64.7 Å². The van der Waals surface area contributed by atoms with E-state index in [2.05, 4.69) is 0 Å². The maximum Gasteiger partial charge on any atom is 0.335 e. The van der Waals surface area contributed by atoms with Crippen LogP contribution < -0.4 is 0 Å². The molecule has 2 aliphatic rings. The van der Waals surface area contributed by atoms with Crippen LogP contribution in [0.15, 0.2) is 53.4 Å². The van der Waals surface area contributed by atoms with E-state index in [0.29, 0.717) is 18.1 Å². The number of carboxylic acid groups (broad SMARTS) is 1. The molecular formula is C21H21ClN2O5S. The first kappa shape index (κ1) is 20.8. The van der Waals surface area contributed by atoms with E-state index in [1.165, 1.54) is 28.6 Å². The van der Waals surface area contributed by atoms with Gasteiger partial charge in [-0.3, -0.25) is 4.79 Å². The predicted octanol–water partition coefficient (Wildman–Crippen LogP) is 2.50. The average molecular weight is 449 g/mol. The van der Waals surface area contributed by atoms with Gasteiger partial charge >= 0.3 is 5.97 Å². The third-order valence-corrected chi connectivity index (χ3v) is 8.09. The second-order valence-electron chi connectivity index (χ2n) is 7.62. The summed E-state index contributed by atoms with van der Waals surface area (Å²) in [4.78, 5) is 25.7. The quantitative estimate of drug-likeness (QED) is 0.758. The highest BCUT2D eigenvalue weighted by molar-refractivity contribution is 7.89. The fraction of sp³-hybridized carbons (Fsp3) is 0.333. The van der Waals surface area contributed by atoms with Gasteiger partial charge in [-0.2, -0.15) is 4.31 Å². The molecule has 2 saturated heterocycles. The van der Waals surface area contributed by atoms with Gasteiger partial charge in [-0.1, -0.05) is 29.8 Å². The molecular weight excluding hydrogens is 428 g/mol. The number of nitrogens with zero attached hydrogens (tertiary/aromatic N) is 2. The molecule has 7 nitrogen and oxygen atoms in total. The molecule has 0 aromatic heterocycles. The molecule has 0 aliphatic carbocycles. The highest BCUT2D eigenvalue weighted by atomic mass is 35.5. The van der Waals surface area contributed by atoms with Crippen molar-refractivity contribution in [2.24, 2.45) is 5.92 Å². The molecule has 0 bridgehead atoms. The van der Waals surface area contributed by atoms with Crippen molar-refractivity contribution < 1.29 is 23.1 Å². The Morgan fingerprint density at radius 1 is 1.07 bits per heavy atom. The standard InChI is InChI=1S/C21H21ClN2O5S/c22-18-4-2-1-3-15(18)11-20(25)24-10-9-16-12-23(13-19(16)24)30(28,29)17-7-5-14(6-8-17)21(26)27/h1-8,16,19H,9-13H2,(H,26,27)/t16-,19-/m1/s1. The van der Waals surface area contributed by atoms with Gasteiger partial charge in [0.25, 0.3) is 0 Å². The number of rotatable bonds is 5. The van der Waals surface area contributed by atoms with E-state index in [1.54, 1.807) is 11.0 Å². The fourth-order valence-corrected chi connectivity index (χ4v) is 5.97. The second kappa shape index (κ2) is 8.02. The molecule has 0 unspecified atom stereocenters. The van der Waals surface area contributed by atoms with E-state index >= 15 is 0 Å². The summed E-state index contributed by atoms with van der Waals surface area (Å²) >= 11 is 6.17. The minimum atomic E-state index is -3.76. The molecule has 1 N–H and O–H groups in total. The molecule has 2 aromatic carbocycles. The Morgan fingerprint density at radius 3 is 2.43 bits per heavy atom. The van der Waals surface area contributed by atoms with E-state index in [1.807, 2.05) is 18.2 Å². The molecule has 0 spiro atoms. The SMILES string of the molecule is O=C(O)c1ccc(S(=O)(=O)N2C[C@H]3CCN(C(=O)Cc4ccccc4Cl)[C@@H]3C2)cc1. The summed E-state index contributed by atoms with van der Waals surface area (Å²) in [6, 6.07) is 12.2. The van der Waals surface area contributed by atoms with Crippen LogP contribution in [0.1, 0.15) is 22.3 Å². The number of fused-ring (bicyclic) bond motifs is 1. The zero-order chi connectivity index (χ0) is 21.5. The van der Waals surface area contributed by atoms with Crippen molar-refractivity contribution in [1.29, 1.82) is 0 Å². The number of hydrogen-bond acceptors (Lipinski definition) is 4. The third-order valence-electron chi connectivity index (χ3n) is 5.87. The molecule has 2 heterocycles. The number of likely N-dealkylation sites (tertiary alicyclic amines) is 1. The van der Waals surface area contributed by atoms with Crippen molar-refractivity contribution in [2.45, 2.75) is 23.8 Å². The van der Waals surface area contributed by atoms with Gasteiger partial charge in [0.1, 0.15) is 0 Å². The summed E-state index contributed by atoms with van der Waals surface area (Å²) < 4.78 is 27.4. The molecule has 2 atom stereocenters. The van der Waals surface area contributed by atoms with Crippen LogP contribution in [0, 0.1) is 5.92 Å². The topological polar surface area (TPSA) is 95.0 Å². The summed E-state index contributed by atoms with van der Waals surface area (Å²) in [5.41, 5.74) is 0.789. The van der Waals surface area contributed by atoms with Crippen LogP contribution in [-0.2, 0) is 21.2 Å². The van der Waals surface area contributed by atoms with Gasteiger partial charge in [-0.05, 0) is 48.2 Å². The number of amides is 1. The van der Waals surface area contributed by atoms with Gasteiger partial charge in [-0.25, -0.2) is 13.2 Å². The van der Waals surface area contributed by atoms with Crippen molar-refractivity contribution in [2.75, 3.05) is 19.6 Å². The number of hydrogen-bond donors (Lipinski definition) is 1. The number of carbonyl (C=O) groups excluding carboxylic acids is 1. The smallest absolute Gasteiger partial charge is 0.335 e. The Labute approximate surface area is 179 Å². The summed E-state index contributed by atoms with van der Waals surface area (Å²) in [6.45, 7) is 1.20. The van der Waals surface area contributed by atoms with Crippen molar-refractivity contribution in [1.82, 2.24) is 9.21 Å². The van der Waals surface area contributed by atoms with E-state index in [-0.39, 0.29) is 41.3 Å². The maximum absolute atomic E-state index is 13.0. The molecule has 9 heteroatoms. The Balaban J connectivity index is 1.48. The Bertz CT molecular complexity index is 1090. The van der Waals surface area contributed by atoms with Gasteiger partial charge in [0.15, 0.2) is 0 Å². The van der Waals surface area contributed by atoms with E-state index in [9.17, 15) is 18.0 Å². The lowest BCUT2D eigenvalue weighted by Crippen LogP contribution is -2.41. The fourth-order valence-electron chi connectivity index (χ4n) is 4.25. The normalized spacial score (nSPS) is 21.6. The van der Waals surface area contributed by atoms with Gasteiger partial charge in [0.05, 0.1) is 16.9 Å². The average Bonchev–Trinajstić information content (AvgIpc) is 3.31. The maximum atomic E-state index is 13.0. The zero-order valence-corrected chi connectivity index (χ0v) is 17.6. The van der Waals surface area contributed by atoms with Gasteiger partial charge in [-0.15, -0.1) is 0 Å². The summed E-state index contributed by atoms with van der Waals surface area (Å²) in [5.74, 6) is -1.07. The molecule has 0 radical (unpaired) electrons. The van der Waals surface area contributed by atoms with Crippen LogP contribution in [0.5, 0.6) is 0 Å². The first-order valence-electron chi connectivity index (χ1n) is 9.64. The zero-order valence-electron chi connectivity index (χ0n) is 16.1. The summed E-state index contributed by atoms with van der Waals surface area (Å²) in [5, 5.41) is 9.54. The Hall–Kier alpha value is -2.42. The highest BCUT2D eigenvalue weighted by Crippen LogP contribution is 2.35. The number of sulfonamides is 1. The third kappa shape index (κ3) is 3.82. The molecule has 1 amide bonds. The minimum absolute atomic E-state index is 0.0311. The second-order valence-corrected chi connectivity index (χ2v) is 9.97. The van der Waals surface area contributed by atoms with Crippen molar-refractivity contribution in [3.63, 3.8) is 0 Å². The van der Waals surface area contributed by atoms with Gasteiger partial charge in [0.2, 0.25) is 15.9 Å². The number of carboxylic acids is 1. The Morgan fingerprint density at radius 2 is 1.77 bits per heavy atom. The van der Waals surface area contributed by atoms with E-state index in [0.717, 1.165) is 12.0 Å². The monoisotopic (exact) mass is 448 g/mol. The number of benzene rings is 2. The van der Waals surface area contributed by atoms with Crippen LogP contribution >= 0.6 is 11.6 Å². The molecule has 4 rings (SSSR count). The molecule has 2 fully saturated rings.